The molecule has 0 spiro atoms. The van der Waals surface area contributed by atoms with Gasteiger partial charge < -0.3 is 4.74 Å². The van der Waals surface area contributed by atoms with Crippen molar-refractivity contribution in [3.8, 4) is 0 Å². The lowest BCUT2D eigenvalue weighted by atomic mass is 9.96. The van der Waals surface area contributed by atoms with E-state index in [9.17, 15) is 4.79 Å². The predicted octanol–water partition coefficient (Wildman–Crippen LogP) is 4.08. The molecule has 2 atom stereocenters. The van der Waals surface area contributed by atoms with Crippen molar-refractivity contribution in [3.63, 3.8) is 0 Å². The van der Waals surface area contributed by atoms with Gasteiger partial charge in [-0.25, -0.2) is 0 Å². The lowest BCUT2D eigenvalue weighted by molar-refractivity contribution is -0.154. The third-order valence-corrected chi connectivity index (χ3v) is 3.56. The highest BCUT2D eigenvalue weighted by Gasteiger charge is 2.23. The summed E-state index contributed by atoms with van der Waals surface area (Å²) < 4.78 is 5.59. The number of carbonyl (C=O) groups is 1. The Kier molecular flexibility index (Phi) is 6.51. The van der Waals surface area contributed by atoms with E-state index in [2.05, 4.69) is 13.8 Å². The Balaban J connectivity index is 2.50. The fourth-order valence-corrected chi connectivity index (χ4v) is 2.38. The first kappa shape index (κ1) is 13.5. The molecule has 0 aromatic heterocycles. The number of carbonyl (C=O) groups excluding carboxylic acids is 1. The molecular formula is C14H26O2. The Bertz CT molecular complexity index is 201. The summed E-state index contributed by atoms with van der Waals surface area (Å²) in [5.41, 5.74) is 0. The minimum Gasteiger partial charge on any atom is -0.462 e. The van der Waals surface area contributed by atoms with Crippen LogP contribution in [0.3, 0.4) is 0 Å². The fraction of sp³-hybridized carbons (Fsp3) is 0.929. The molecule has 2 unspecified atom stereocenters. The molecule has 1 saturated heterocycles. The number of hydrogen-bond acceptors (Lipinski definition) is 2. The van der Waals surface area contributed by atoms with Crippen LogP contribution in [0.5, 0.6) is 0 Å². The Morgan fingerprint density at radius 3 is 2.62 bits per heavy atom. The molecular weight excluding hydrogens is 200 g/mol. The molecule has 0 aliphatic carbocycles. The third-order valence-electron chi connectivity index (χ3n) is 3.56. The number of ether oxygens (including phenoxy) is 1. The van der Waals surface area contributed by atoms with Gasteiger partial charge in [-0.2, -0.15) is 0 Å². The fourth-order valence-electron chi connectivity index (χ4n) is 2.38. The quantitative estimate of drug-likeness (QED) is 0.675. The van der Waals surface area contributed by atoms with Crippen molar-refractivity contribution in [1.82, 2.24) is 0 Å². The smallest absolute Gasteiger partial charge is 0.309 e. The number of unbranched alkanes of at least 4 members (excludes halogenated alkanes) is 1. The van der Waals surface area contributed by atoms with Crippen molar-refractivity contribution in [1.29, 1.82) is 0 Å². The summed E-state index contributed by atoms with van der Waals surface area (Å²) in [6, 6.07) is 0. The average molecular weight is 226 g/mol. The van der Waals surface area contributed by atoms with Crippen molar-refractivity contribution >= 4 is 5.97 Å². The monoisotopic (exact) mass is 226 g/mol. The number of rotatable bonds is 4. The second-order valence-corrected chi connectivity index (χ2v) is 4.94. The molecule has 0 amide bonds. The number of cyclic esters (lactones) is 1. The molecule has 0 aromatic carbocycles. The highest BCUT2D eigenvalue weighted by Crippen LogP contribution is 2.23. The number of esters is 1. The molecule has 1 heterocycles. The Morgan fingerprint density at radius 1 is 1.19 bits per heavy atom. The van der Waals surface area contributed by atoms with Gasteiger partial charge in [0.25, 0.3) is 0 Å². The van der Waals surface area contributed by atoms with E-state index in [4.69, 9.17) is 4.74 Å². The SMILES string of the molecule is CCCCC1CCCCCC(CC)OC1=O. The van der Waals surface area contributed by atoms with Gasteiger partial charge in [0.1, 0.15) is 6.10 Å². The maximum Gasteiger partial charge on any atom is 0.309 e. The highest BCUT2D eigenvalue weighted by molar-refractivity contribution is 5.72. The molecule has 0 aromatic rings. The zero-order chi connectivity index (χ0) is 11.8. The van der Waals surface area contributed by atoms with E-state index in [1.807, 2.05) is 0 Å². The lowest BCUT2D eigenvalue weighted by Gasteiger charge is -2.19. The van der Waals surface area contributed by atoms with E-state index in [1.165, 1.54) is 25.7 Å². The molecule has 0 radical (unpaired) electrons. The number of hydrogen-bond donors (Lipinski definition) is 0. The Morgan fingerprint density at radius 2 is 1.94 bits per heavy atom. The van der Waals surface area contributed by atoms with Gasteiger partial charge in [0.15, 0.2) is 0 Å². The largest absolute Gasteiger partial charge is 0.462 e. The topological polar surface area (TPSA) is 26.3 Å². The maximum absolute atomic E-state index is 12.0. The molecule has 94 valence electrons. The molecule has 1 rings (SSSR count). The molecule has 1 aliphatic rings. The van der Waals surface area contributed by atoms with Crippen LogP contribution in [-0.4, -0.2) is 12.1 Å². The molecule has 1 aliphatic heterocycles. The average Bonchev–Trinajstić information content (AvgIpc) is 2.37. The van der Waals surface area contributed by atoms with Gasteiger partial charge in [-0.1, -0.05) is 39.5 Å². The van der Waals surface area contributed by atoms with Crippen LogP contribution in [0.25, 0.3) is 0 Å². The van der Waals surface area contributed by atoms with Crippen molar-refractivity contribution < 1.29 is 9.53 Å². The maximum atomic E-state index is 12.0. The van der Waals surface area contributed by atoms with Crippen molar-refractivity contribution in [3.05, 3.63) is 0 Å². The van der Waals surface area contributed by atoms with Crippen LogP contribution in [-0.2, 0) is 9.53 Å². The van der Waals surface area contributed by atoms with Crippen LogP contribution < -0.4 is 0 Å². The van der Waals surface area contributed by atoms with Crippen molar-refractivity contribution in [2.75, 3.05) is 0 Å². The van der Waals surface area contributed by atoms with E-state index in [0.717, 1.165) is 32.1 Å². The van der Waals surface area contributed by atoms with E-state index in [0.29, 0.717) is 0 Å². The lowest BCUT2D eigenvalue weighted by Crippen LogP contribution is -2.23. The van der Waals surface area contributed by atoms with Gasteiger partial charge in [0.2, 0.25) is 0 Å². The minimum atomic E-state index is 0.0715. The van der Waals surface area contributed by atoms with Gasteiger partial charge in [0, 0.05) is 0 Å². The van der Waals surface area contributed by atoms with Gasteiger partial charge in [-0.3, -0.25) is 4.79 Å². The van der Waals surface area contributed by atoms with Crippen LogP contribution in [0.1, 0.15) is 71.6 Å². The van der Waals surface area contributed by atoms with Crippen molar-refractivity contribution in [2.45, 2.75) is 77.7 Å². The summed E-state index contributed by atoms with van der Waals surface area (Å²) in [7, 11) is 0. The molecule has 0 N–H and O–H groups in total. The van der Waals surface area contributed by atoms with E-state index < -0.39 is 0 Å². The summed E-state index contributed by atoms with van der Waals surface area (Å²) in [5, 5.41) is 0. The van der Waals surface area contributed by atoms with Crippen LogP contribution >= 0.6 is 0 Å². The van der Waals surface area contributed by atoms with Gasteiger partial charge in [-0.15, -0.1) is 0 Å². The van der Waals surface area contributed by atoms with Crippen LogP contribution in [0.15, 0.2) is 0 Å². The van der Waals surface area contributed by atoms with Crippen LogP contribution in [0, 0.1) is 5.92 Å². The molecule has 0 saturated carbocycles. The molecule has 2 heteroatoms. The second kappa shape index (κ2) is 7.70. The second-order valence-electron chi connectivity index (χ2n) is 4.94. The summed E-state index contributed by atoms with van der Waals surface area (Å²) in [6.45, 7) is 4.28. The van der Waals surface area contributed by atoms with E-state index >= 15 is 0 Å². The highest BCUT2D eigenvalue weighted by atomic mass is 16.5. The normalized spacial score (nSPS) is 27.8. The predicted molar refractivity (Wildman–Crippen MR) is 66.3 cm³/mol. The van der Waals surface area contributed by atoms with Crippen LogP contribution in [0.2, 0.25) is 0 Å². The van der Waals surface area contributed by atoms with Gasteiger partial charge >= 0.3 is 5.97 Å². The third kappa shape index (κ3) is 4.54. The first-order valence-electron chi connectivity index (χ1n) is 6.98. The first-order valence-corrected chi connectivity index (χ1v) is 6.98. The van der Waals surface area contributed by atoms with Crippen LogP contribution in [0.4, 0.5) is 0 Å². The van der Waals surface area contributed by atoms with E-state index in [-0.39, 0.29) is 18.0 Å². The Labute approximate surface area is 99.8 Å². The zero-order valence-corrected chi connectivity index (χ0v) is 10.8. The van der Waals surface area contributed by atoms with Crippen molar-refractivity contribution in [2.24, 2.45) is 5.92 Å². The molecule has 16 heavy (non-hydrogen) atoms. The molecule has 0 bridgehead atoms. The standard InChI is InChI=1S/C14H26O2/c1-3-5-9-12-10-7-6-8-11-13(4-2)16-14(12)15/h12-13H,3-11H2,1-2H3. The molecule has 2 nitrogen and oxygen atoms in total. The zero-order valence-electron chi connectivity index (χ0n) is 10.8. The van der Waals surface area contributed by atoms with Gasteiger partial charge in [0.05, 0.1) is 5.92 Å². The summed E-state index contributed by atoms with van der Waals surface area (Å²) in [5.74, 6) is 0.245. The summed E-state index contributed by atoms with van der Waals surface area (Å²) in [4.78, 5) is 12.0. The van der Waals surface area contributed by atoms with Gasteiger partial charge in [-0.05, 0) is 32.1 Å². The first-order chi connectivity index (χ1) is 7.77. The summed E-state index contributed by atoms with van der Waals surface area (Å²) >= 11 is 0. The Hall–Kier alpha value is -0.530. The minimum absolute atomic E-state index is 0.0715. The summed E-state index contributed by atoms with van der Waals surface area (Å²) in [6.07, 6.45) is 10.2. The van der Waals surface area contributed by atoms with E-state index in [1.54, 1.807) is 0 Å². The molecule has 1 fully saturated rings.